The Morgan fingerprint density at radius 1 is 1.12 bits per heavy atom. The van der Waals surface area contributed by atoms with Crippen LogP contribution in [0.3, 0.4) is 0 Å². The van der Waals surface area contributed by atoms with Crippen LogP contribution in [0, 0.1) is 26.7 Å². The second-order valence-electron chi connectivity index (χ2n) is 7.20. The van der Waals surface area contributed by atoms with Crippen LogP contribution in [0.2, 0.25) is 0 Å². The van der Waals surface area contributed by atoms with Crippen LogP contribution in [-0.2, 0) is 9.59 Å². The quantitative estimate of drug-likeness (QED) is 0.899. The van der Waals surface area contributed by atoms with Crippen molar-refractivity contribution in [2.75, 3.05) is 11.9 Å². The zero-order valence-corrected chi connectivity index (χ0v) is 15.2. The molecule has 1 unspecified atom stereocenters. The van der Waals surface area contributed by atoms with Gasteiger partial charge in [0.05, 0.1) is 11.6 Å². The Balaban J connectivity index is 1.55. The van der Waals surface area contributed by atoms with Crippen LogP contribution in [0.25, 0.3) is 5.95 Å². The van der Waals surface area contributed by atoms with Gasteiger partial charge in [-0.3, -0.25) is 9.59 Å². The Bertz CT molecular complexity index is 866. The molecule has 2 fully saturated rings. The molecule has 1 saturated heterocycles. The topological polar surface area (TPSA) is 93.0 Å². The molecular formula is C18H22N6O2. The molecule has 136 valence electrons. The molecule has 0 bridgehead atoms. The molecule has 2 amide bonds. The summed E-state index contributed by atoms with van der Waals surface area (Å²) in [5.41, 5.74) is 2.42. The molecule has 0 radical (unpaired) electrons. The van der Waals surface area contributed by atoms with E-state index in [-0.39, 0.29) is 24.2 Å². The smallest absolute Gasteiger partial charge is 0.252 e. The van der Waals surface area contributed by atoms with Gasteiger partial charge < -0.3 is 10.2 Å². The summed E-state index contributed by atoms with van der Waals surface area (Å²) in [7, 11) is 0. The van der Waals surface area contributed by atoms with Gasteiger partial charge in [0, 0.05) is 36.5 Å². The fraction of sp³-hybridized carbons (Fsp3) is 0.500. The summed E-state index contributed by atoms with van der Waals surface area (Å²) >= 11 is 0. The minimum Gasteiger partial charge on any atom is -0.339 e. The summed E-state index contributed by atoms with van der Waals surface area (Å²) in [6, 6.07) is 4.01. The van der Waals surface area contributed by atoms with Crippen LogP contribution in [0.5, 0.6) is 0 Å². The van der Waals surface area contributed by atoms with E-state index in [1.807, 2.05) is 31.7 Å². The van der Waals surface area contributed by atoms with Crippen molar-refractivity contribution in [2.45, 2.75) is 46.1 Å². The molecule has 2 aliphatic rings. The van der Waals surface area contributed by atoms with E-state index in [9.17, 15) is 9.59 Å². The molecule has 1 saturated carbocycles. The van der Waals surface area contributed by atoms with Gasteiger partial charge in [0.15, 0.2) is 0 Å². The number of likely N-dealkylation sites (tertiary alicyclic amines) is 1. The number of carbonyl (C=O) groups excluding carboxylic acids is 2. The highest BCUT2D eigenvalue weighted by atomic mass is 16.2. The molecule has 3 heterocycles. The second kappa shape index (κ2) is 6.19. The largest absolute Gasteiger partial charge is 0.339 e. The van der Waals surface area contributed by atoms with Gasteiger partial charge in [0.25, 0.3) is 5.95 Å². The number of hydrogen-bond donors (Lipinski definition) is 1. The van der Waals surface area contributed by atoms with Gasteiger partial charge in [0.1, 0.15) is 5.82 Å². The van der Waals surface area contributed by atoms with Crippen molar-refractivity contribution in [3.8, 4) is 5.95 Å². The first-order valence-electron chi connectivity index (χ1n) is 8.90. The van der Waals surface area contributed by atoms with E-state index in [0.717, 1.165) is 29.9 Å². The van der Waals surface area contributed by atoms with Crippen molar-refractivity contribution in [3.05, 3.63) is 29.2 Å². The van der Waals surface area contributed by atoms with Crippen LogP contribution in [0.4, 0.5) is 5.82 Å². The first kappa shape index (κ1) is 16.7. The first-order valence-corrected chi connectivity index (χ1v) is 8.90. The summed E-state index contributed by atoms with van der Waals surface area (Å²) in [4.78, 5) is 35.5. The summed E-state index contributed by atoms with van der Waals surface area (Å²) in [5, 5.41) is 7.32. The maximum Gasteiger partial charge on any atom is 0.252 e. The first-order chi connectivity index (χ1) is 12.4. The van der Waals surface area contributed by atoms with E-state index >= 15 is 0 Å². The lowest BCUT2D eigenvalue weighted by molar-refractivity contribution is -0.128. The minimum absolute atomic E-state index is 0.0787. The third-order valence-electron chi connectivity index (χ3n) is 4.76. The zero-order chi connectivity index (χ0) is 18.4. The highest BCUT2D eigenvalue weighted by Gasteiger charge is 2.41. The number of amides is 2. The van der Waals surface area contributed by atoms with Crippen molar-refractivity contribution in [1.82, 2.24) is 24.6 Å². The van der Waals surface area contributed by atoms with Crippen LogP contribution < -0.4 is 5.32 Å². The molecule has 0 spiro atoms. The van der Waals surface area contributed by atoms with Gasteiger partial charge in [-0.2, -0.15) is 9.78 Å². The van der Waals surface area contributed by atoms with Gasteiger partial charge in [-0.05, 0) is 39.7 Å². The molecule has 8 heteroatoms. The molecule has 26 heavy (non-hydrogen) atoms. The normalized spacial score (nSPS) is 19.9. The molecule has 1 atom stereocenters. The van der Waals surface area contributed by atoms with E-state index in [4.69, 9.17) is 0 Å². The van der Waals surface area contributed by atoms with Crippen LogP contribution in [0.15, 0.2) is 12.1 Å². The van der Waals surface area contributed by atoms with Crippen LogP contribution in [0.1, 0.15) is 36.3 Å². The predicted octanol–water partition coefficient (Wildman–Crippen LogP) is 1.54. The average molecular weight is 354 g/mol. The number of anilines is 1. The van der Waals surface area contributed by atoms with E-state index in [0.29, 0.717) is 24.4 Å². The maximum atomic E-state index is 12.7. The summed E-state index contributed by atoms with van der Waals surface area (Å²) in [6.45, 7) is 6.14. The standard InChI is InChI=1S/C18H22N6O2/c1-10-6-11(2)20-18(19-10)24-15(7-12(3)22-24)21-17(26)13-8-16(25)23(9-13)14-4-5-14/h6-7,13-14H,4-5,8-9H2,1-3H3,(H,21,26). The van der Waals surface area contributed by atoms with Crippen molar-refractivity contribution >= 4 is 17.6 Å². The lowest BCUT2D eigenvalue weighted by Crippen LogP contribution is -2.30. The van der Waals surface area contributed by atoms with Crippen LogP contribution >= 0.6 is 0 Å². The Morgan fingerprint density at radius 2 is 1.81 bits per heavy atom. The SMILES string of the molecule is Cc1cc(C)nc(-n2nc(C)cc2NC(=O)C2CC(=O)N(C3CC3)C2)n1. The van der Waals surface area contributed by atoms with E-state index < -0.39 is 0 Å². The molecule has 1 N–H and O–H groups in total. The van der Waals surface area contributed by atoms with Crippen molar-refractivity contribution in [3.63, 3.8) is 0 Å². The third kappa shape index (κ3) is 3.18. The van der Waals surface area contributed by atoms with Gasteiger partial charge in [-0.15, -0.1) is 0 Å². The van der Waals surface area contributed by atoms with Crippen LogP contribution in [-0.4, -0.2) is 49.0 Å². The lowest BCUT2D eigenvalue weighted by Gasteiger charge is -2.15. The number of nitrogens with zero attached hydrogens (tertiary/aromatic N) is 5. The Morgan fingerprint density at radius 3 is 2.46 bits per heavy atom. The maximum absolute atomic E-state index is 12.7. The highest BCUT2D eigenvalue weighted by molar-refractivity contribution is 5.97. The fourth-order valence-electron chi connectivity index (χ4n) is 3.42. The molecule has 1 aliphatic heterocycles. The van der Waals surface area contributed by atoms with E-state index in [2.05, 4.69) is 20.4 Å². The monoisotopic (exact) mass is 354 g/mol. The second-order valence-corrected chi connectivity index (χ2v) is 7.20. The summed E-state index contributed by atoms with van der Waals surface area (Å²) in [6.07, 6.45) is 2.38. The Kier molecular flexibility index (Phi) is 3.97. The van der Waals surface area contributed by atoms with E-state index in [1.54, 1.807) is 10.7 Å². The van der Waals surface area contributed by atoms with Crippen molar-refractivity contribution < 1.29 is 9.59 Å². The molecule has 1 aliphatic carbocycles. The number of carbonyl (C=O) groups is 2. The average Bonchev–Trinajstić information content (AvgIpc) is 3.23. The minimum atomic E-state index is -0.327. The summed E-state index contributed by atoms with van der Waals surface area (Å²) in [5.74, 6) is 0.539. The predicted molar refractivity (Wildman–Crippen MR) is 94.8 cm³/mol. The zero-order valence-electron chi connectivity index (χ0n) is 15.2. The van der Waals surface area contributed by atoms with Crippen molar-refractivity contribution in [2.24, 2.45) is 5.92 Å². The van der Waals surface area contributed by atoms with Gasteiger partial charge in [-0.25, -0.2) is 9.97 Å². The fourth-order valence-corrected chi connectivity index (χ4v) is 3.42. The highest BCUT2D eigenvalue weighted by Crippen LogP contribution is 2.33. The number of rotatable bonds is 4. The third-order valence-corrected chi connectivity index (χ3v) is 4.76. The lowest BCUT2D eigenvalue weighted by atomic mass is 10.1. The van der Waals surface area contributed by atoms with Gasteiger partial charge >= 0.3 is 0 Å². The number of aromatic nitrogens is 4. The molecule has 4 rings (SSSR count). The summed E-state index contributed by atoms with van der Waals surface area (Å²) < 4.78 is 1.54. The van der Waals surface area contributed by atoms with Gasteiger partial charge in [-0.1, -0.05) is 0 Å². The molecular weight excluding hydrogens is 332 g/mol. The number of nitrogens with one attached hydrogen (secondary N) is 1. The molecule has 8 nitrogen and oxygen atoms in total. The molecule has 0 aromatic carbocycles. The Hall–Kier alpha value is -2.77. The molecule has 2 aromatic rings. The van der Waals surface area contributed by atoms with Gasteiger partial charge in [0.2, 0.25) is 11.8 Å². The van der Waals surface area contributed by atoms with Crippen molar-refractivity contribution in [1.29, 1.82) is 0 Å². The number of hydrogen-bond acceptors (Lipinski definition) is 5. The molecule has 2 aromatic heterocycles. The Labute approximate surface area is 151 Å². The van der Waals surface area contributed by atoms with E-state index in [1.165, 1.54) is 0 Å². The number of aryl methyl sites for hydroxylation is 3.